The van der Waals surface area contributed by atoms with Gasteiger partial charge in [0, 0.05) is 25.7 Å². The second-order valence-electron chi connectivity index (χ2n) is 6.05. The van der Waals surface area contributed by atoms with Crippen LogP contribution in [0.5, 0.6) is 0 Å². The summed E-state index contributed by atoms with van der Waals surface area (Å²) < 4.78 is 0. The van der Waals surface area contributed by atoms with Crippen molar-refractivity contribution in [3.63, 3.8) is 0 Å². The van der Waals surface area contributed by atoms with Crippen LogP contribution < -0.4 is 5.32 Å². The van der Waals surface area contributed by atoms with Crippen LogP contribution in [-0.2, 0) is 0 Å². The average molecular weight is 210 g/mol. The van der Waals surface area contributed by atoms with Gasteiger partial charge in [-0.05, 0) is 37.1 Å². The number of piperidine rings is 2. The highest BCUT2D eigenvalue weighted by Crippen LogP contribution is 2.25. The number of nitrogens with one attached hydrogen (secondary N) is 1. The van der Waals surface area contributed by atoms with E-state index >= 15 is 0 Å². The number of nitrogens with zero attached hydrogens (tertiary/aromatic N) is 1. The van der Waals surface area contributed by atoms with Crippen LogP contribution in [0.15, 0.2) is 0 Å². The number of hydrogen-bond acceptors (Lipinski definition) is 2. The molecule has 4 unspecified atom stereocenters. The molecule has 0 spiro atoms. The van der Waals surface area contributed by atoms with E-state index in [2.05, 4.69) is 31.0 Å². The average Bonchev–Trinajstić information content (AvgIpc) is 2.16. The van der Waals surface area contributed by atoms with E-state index in [-0.39, 0.29) is 0 Å². The van der Waals surface area contributed by atoms with Crippen LogP contribution in [0.25, 0.3) is 0 Å². The van der Waals surface area contributed by atoms with Crippen LogP contribution in [0.1, 0.15) is 33.6 Å². The summed E-state index contributed by atoms with van der Waals surface area (Å²) in [6.45, 7) is 12.3. The van der Waals surface area contributed by atoms with Crippen LogP contribution in [0.2, 0.25) is 0 Å². The molecule has 0 aromatic rings. The first-order valence-corrected chi connectivity index (χ1v) is 6.60. The second-order valence-corrected chi connectivity index (χ2v) is 6.05. The molecule has 0 saturated carbocycles. The van der Waals surface area contributed by atoms with Gasteiger partial charge in [0.15, 0.2) is 0 Å². The van der Waals surface area contributed by atoms with Crippen molar-refractivity contribution >= 4 is 0 Å². The van der Waals surface area contributed by atoms with Crippen LogP contribution in [-0.4, -0.2) is 37.1 Å². The van der Waals surface area contributed by atoms with Gasteiger partial charge in [-0.25, -0.2) is 0 Å². The number of rotatable bonds is 1. The van der Waals surface area contributed by atoms with Gasteiger partial charge in [0.05, 0.1) is 0 Å². The van der Waals surface area contributed by atoms with Crippen molar-refractivity contribution in [1.29, 1.82) is 0 Å². The minimum absolute atomic E-state index is 0.805. The fourth-order valence-corrected chi connectivity index (χ4v) is 3.41. The topological polar surface area (TPSA) is 15.3 Å². The van der Waals surface area contributed by atoms with Crippen molar-refractivity contribution in [2.45, 2.75) is 39.7 Å². The molecule has 1 N–H and O–H groups in total. The van der Waals surface area contributed by atoms with Gasteiger partial charge in [0.1, 0.15) is 0 Å². The monoisotopic (exact) mass is 210 g/mol. The Morgan fingerprint density at radius 2 is 1.53 bits per heavy atom. The zero-order valence-electron chi connectivity index (χ0n) is 10.5. The van der Waals surface area contributed by atoms with E-state index in [1.807, 2.05) is 0 Å². The molecular formula is C13H26N2. The molecule has 0 aromatic heterocycles. The van der Waals surface area contributed by atoms with Crippen LogP contribution in [0.4, 0.5) is 0 Å². The van der Waals surface area contributed by atoms with Gasteiger partial charge in [-0.15, -0.1) is 0 Å². The van der Waals surface area contributed by atoms with Gasteiger partial charge >= 0.3 is 0 Å². The summed E-state index contributed by atoms with van der Waals surface area (Å²) in [6, 6.07) is 0.805. The highest BCUT2D eigenvalue weighted by Gasteiger charge is 2.29. The van der Waals surface area contributed by atoms with E-state index in [0.29, 0.717) is 0 Å². The largest absolute Gasteiger partial charge is 0.315 e. The zero-order chi connectivity index (χ0) is 10.8. The lowest BCUT2D eigenvalue weighted by atomic mass is 9.88. The molecule has 2 heterocycles. The Bertz CT molecular complexity index is 195. The molecule has 2 heteroatoms. The summed E-state index contributed by atoms with van der Waals surface area (Å²) in [4.78, 5) is 2.74. The van der Waals surface area contributed by atoms with Crippen LogP contribution in [0, 0.1) is 17.8 Å². The molecule has 15 heavy (non-hydrogen) atoms. The van der Waals surface area contributed by atoms with Crippen molar-refractivity contribution in [3.8, 4) is 0 Å². The molecule has 0 aromatic carbocycles. The van der Waals surface area contributed by atoms with E-state index in [4.69, 9.17) is 0 Å². The summed E-state index contributed by atoms with van der Waals surface area (Å²) in [5, 5.41) is 3.57. The fraction of sp³-hybridized carbons (Fsp3) is 1.00. The molecule has 4 atom stereocenters. The quantitative estimate of drug-likeness (QED) is 0.712. The molecule has 2 aliphatic heterocycles. The Hall–Kier alpha value is -0.0800. The van der Waals surface area contributed by atoms with E-state index in [1.165, 1.54) is 39.0 Å². The molecule has 2 rings (SSSR count). The zero-order valence-corrected chi connectivity index (χ0v) is 10.5. The Labute approximate surface area is 94.4 Å². The standard InChI is InChI=1S/C13H26N2/c1-10-5-13(7-14-6-10)15-8-11(2)4-12(3)9-15/h10-14H,4-9H2,1-3H3. The number of hydrogen-bond donors (Lipinski definition) is 1. The Kier molecular flexibility index (Phi) is 3.68. The summed E-state index contributed by atoms with van der Waals surface area (Å²) in [5.74, 6) is 2.65. The first-order chi connectivity index (χ1) is 7.15. The summed E-state index contributed by atoms with van der Waals surface area (Å²) in [7, 11) is 0. The third-order valence-corrected chi connectivity index (χ3v) is 3.96. The van der Waals surface area contributed by atoms with Crippen molar-refractivity contribution in [1.82, 2.24) is 10.2 Å². The maximum Gasteiger partial charge on any atom is 0.0223 e. The van der Waals surface area contributed by atoms with E-state index < -0.39 is 0 Å². The highest BCUT2D eigenvalue weighted by molar-refractivity contribution is 4.85. The minimum atomic E-state index is 0.805. The molecule has 2 fully saturated rings. The van der Waals surface area contributed by atoms with Gasteiger partial charge in [-0.2, -0.15) is 0 Å². The van der Waals surface area contributed by atoms with Crippen LogP contribution >= 0.6 is 0 Å². The predicted octanol–water partition coefficient (Wildman–Crippen LogP) is 1.96. The normalized spacial score (nSPS) is 44.2. The molecule has 88 valence electrons. The lowest BCUT2D eigenvalue weighted by Crippen LogP contribution is -2.52. The van der Waals surface area contributed by atoms with Gasteiger partial charge in [-0.3, -0.25) is 4.90 Å². The maximum atomic E-state index is 3.57. The van der Waals surface area contributed by atoms with E-state index in [0.717, 1.165) is 23.8 Å². The lowest BCUT2D eigenvalue weighted by molar-refractivity contribution is 0.0719. The SMILES string of the molecule is CC1CNCC(N2CC(C)CC(C)C2)C1. The van der Waals surface area contributed by atoms with Crippen molar-refractivity contribution in [2.75, 3.05) is 26.2 Å². The number of likely N-dealkylation sites (tertiary alicyclic amines) is 1. The van der Waals surface area contributed by atoms with Crippen molar-refractivity contribution in [2.24, 2.45) is 17.8 Å². The highest BCUT2D eigenvalue weighted by atomic mass is 15.2. The van der Waals surface area contributed by atoms with Crippen molar-refractivity contribution < 1.29 is 0 Å². The van der Waals surface area contributed by atoms with Crippen molar-refractivity contribution in [3.05, 3.63) is 0 Å². The maximum absolute atomic E-state index is 3.57. The first-order valence-electron chi connectivity index (χ1n) is 6.60. The first kappa shape index (κ1) is 11.4. The smallest absolute Gasteiger partial charge is 0.0223 e. The third-order valence-electron chi connectivity index (χ3n) is 3.96. The summed E-state index contributed by atoms with van der Waals surface area (Å²) >= 11 is 0. The van der Waals surface area contributed by atoms with Gasteiger partial charge in [0.25, 0.3) is 0 Å². The Morgan fingerprint density at radius 1 is 0.867 bits per heavy atom. The fourth-order valence-electron chi connectivity index (χ4n) is 3.41. The lowest BCUT2D eigenvalue weighted by Gasteiger charge is -2.43. The summed E-state index contributed by atoms with van der Waals surface area (Å²) in [5.41, 5.74) is 0. The molecule has 2 aliphatic rings. The van der Waals surface area contributed by atoms with Gasteiger partial charge in [0.2, 0.25) is 0 Å². The van der Waals surface area contributed by atoms with Gasteiger partial charge in [-0.1, -0.05) is 20.8 Å². The minimum Gasteiger partial charge on any atom is -0.315 e. The molecule has 0 amide bonds. The summed E-state index contributed by atoms with van der Waals surface area (Å²) in [6.07, 6.45) is 2.82. The predicted molar refractivity (Wildman–Crippen MR) is 65.0 cm³/mol. The molecule has 0 radical (unpaired) electrons. The Morgan fingerprint density at radius 3 is 2.13 bits per heavy atom. The van der Waals surface area contributed by atoms with E-state index in [9.17, 15) is 0 Å². The third kappa shape index (κ3) is 2.94. The molecule has 0 bridgehead atoms. The molecule has 0 aliphatic carbocycles. The molecular weight excluding hydrogens is 184 g/mol. The Balaban J connectivity index is 1.91. The van der Waals surface area contributed by atoms with Gasteiger partial charge < -0.3 is 5.32 Å². The molecule has 2 saturated heterocycles. The molecule has 2 nitrogen and oxygen atoms in total. The van der Waals surface area contributed by atoms with E-state index in [1.54, 1.807) is 0 Å². The van der Waals surface area contributed by atoms with Crippen LogP contribution in [0.3, 0.4) is 0 Å². The second kappa shape index (κ2) is 4.84.